The number of nitrogens with one attached hydrogen (secondary N) is 1. The Balaban J connectivity index is 1.83. The molecule has 6 nitrogen and oxygen atoms in total. The predicted octanol–water partition coefficient (Wildman–Crippen LogP) is -0.861. The third kappa shape index (κ3) is 1.93. The van der Waals surface area contributed by atoms with Gasteiger partial charge in [-0.25, -0.2) is 4.79 Å². The first-order valence-corrected chi connectivity index (χ1v) is 4.79. The number of amides is 1. The van der Waals surface area contributed by atoms with Crippen molar-refractivity contribution in [3.8, 4) is 0 Å². The summed E-state index contributed by atoms with van der Waals surface area (Å²) in [6, 6.07) is -0.590. The van der Waals surface area contributed by atoms with Gasteiger partial charge in [0.1, 0.15) is 6.04 Å². The lowest BCUT2D eigenvalue weighted by Crippen LogP contribution is -2.39. The van der Waals surface area contributed by atoms with Crippen LogP contribution in [0.25, 0.3) is 0 Å². The Morgan fingerprint density at radius 3 is 2.60 bits per heavy atom. The normalized spacial score (nSPS) is 33.3. The van der Waals surface area contributed by atoms with Crippen molar-refractivity contribution in [2.75, 3.05) is 6.61 Å². The third-order valence-electron chi connectivity index (χ3n) is 2.70. The molecule has 3 unspecified atom stereocenters. The summed E-state index contributed by atoms with van der Waals surface area (Å²) in [5.41, 5.74) is 0. The third-order valence-corrected chi connectivity index (χ3v) is 2.70. The molecule has 2 N–H and O–H groups in total. The van der Waals surface area contributed by atoms with Gasteiger partial charge in [-0.3, -0.25) is 9.59 Å². The average molecular weight is 213 g/mol. The van der Waals surface area contributed by atoms with E-state index >= 15 is 0 Å². The van der Waals surface area contributed by atoms with Crippen molar-refractivity contribution in [1.29, 1.82) is 0 Å². The fourth-order valence-corrected chi connectivity index (χ4v) is 1.66. The molecule has 0 aromatic rings. The molecule has 1 amide bonds. The highest BCUT2D eigenvalue weighted by Crippen LogP contribution is 2.38. The topological polar surface area (TPSA) is 92.7 Å². The number of hydrogen-bond acceptors (Lipinski definition) is 4. The SMILES string of the molecule is O=C1OCCC1NC(=O)C1CC1C(=O)O. The zero-order valence-corrected chi connectivity index (χ0v) is 7.93. The number of hydrogen-bond donors (Lipinski definition) is 2. The Labute approximate surface area is 85.6 Å². The van der Waals surface area contributed by atoms with Crippen molar-refractivity contribution >= 4 is 17.8 Å². The van der Waals surface area contributed by atoms with Gasteiger partial charge in [-0.05, 0) is 6.42 Å². The minimum Gasteiger partial charge on any atom is -0.481 e. The second-order valence-electron chi connectivity index (χ2n) is 3.80. The van der Waals surface area contributed by atoms with Crippen LogP contribution in [0.1, 0.15) is 12.8 Å². The first-order chi connectivity index (χ1) is 7.09. The van der Waals surface area contributed by atoms with Crippen LogP contribution in [-0.4, -0.2) is 35.6 Å². The minimum atomic E-state index is -0.954. The molecule has 1 saturated heterocycles. The van der Waals surface area contributed by atoms with Crippen LogP contribution in [0.3, 0.4) is 0 Å². The van der Waals surface area contributed by atoms with Gasteiger partial charge in [-0.15, -0.1) is 0 Å². The van der Waals surface area contributed by atoms with E-state index in [0.717, 1.165) is 0 Å². The maximum atomic E-state index is 11.4. The minimum absolute atomic E-state index is 0.316. The molecule has 1 saturated carbocycles. The first kappa shape index (κ1) is 9.95. The van der Waals surface area contributed by atoms with Gasteiger partial charge in [0.05, 0.1) is 18.4 Å². The fourth-order valence-electron chi connectivity index (χ4n) is 1.66. The van der Waals surface area contributed by atoms with Crippen LogP contribution in [0.2, 0.25) is 0 Å². The highest BCUT2D eigenvalue weighted by atomic mass is 16.5. The molecule has 2 fully saturated rings. The summed E-state index contributed by atoms with van der Waals surface area (Å²) >= 11 is 0. The molecule has 0 aromatic carbocycles. The van der Waals surface area contributed by atoms with Crippen LogP contribution in [0.15, 0.2) is 0 Å². The van der Waals surface area contributed by atoms with Crippen LogP contribution in [0.5, 0.6) is 0 Å². The Morgan fingerprint density at radius 1 is 1.40 bits per heavy atom. The molecule has 0 spiro atoms. The van der Waals surface area contributed by atoms with E-state index in [0.29, 0.717) is 19.4 Å². The van der Waals surface area contributed by atoms with E-state index in [4.69, 9.17) is 5.11 Å². The summed E-state index contributed by atoms with van der Waals surface area (Å²) in [6.45, 7) is 0.316. The standard InChI is InChI=1S/C9H11NO5/c11-7(4-3-5(4)8(12)13)10-6-1-2-15-9(6)14/h4-6H,1-3H2,(H,10,11)(H,12,13). The smallest absolute Gasteiger partial charge is 0.328 e. The van der Waals surface area contributed by atoms with Crippen LogP contribution in [0, 0.1) is 11.8 Å². The van der Waals surface area contributed by atoms with Crippen molar-refractivity contribution < 1.29 is 24.2 Å². The number of carbonyl (C=O) groups excluding carboxylic acids is 2. The average Bonchev–Trinajstić information content (AvgIpc) is 2.88. The summed E-state index contributed by atoms with van der Waals surface area (Å²) in [6.07, 6.45) is 0.831. The number of esters is 1. The van der Waals surface area contributed by atoms with Gasteiger partial charge in [-0.1, -0.05) is 0 Å². The van der Waals surface area contributed by atoms with Gasteiger partial charge in [0.2, 0.25) is 5.91 Å². The molecule has 6 heteroatoms. The number of carboxylic acid groups (broad SMARTS) is 1. The highest BCUT2D eigenvalue weighted by molar-refractivity contribution is 5.92. The van der Waals surface area contributed by atoms with Crippen LogP contribution in [0.4, 0.5) is 0 Å². The maximum absolute atomic E-state index is 11.4. The zero-order chi connectivity index (χ0) is 11.0. The summed E-state index contributed by atoms with van der Waals surface area (Å²) in [7, 11) is 0. The number of cyclic esters (lactones) is 1. The van der Waals surface area contributed by atoms with E-state index in [1.165, 1.54) is 0 Å². The van der Waals surface area contributed by atoms with Crippen molar-refractivity contribution in [3.63, 3.8) is 0 Å². The summed E-state index contributed by atoms with van der Waals surface area (Å²) in [5, 5.41) is 11.1. The van der Waals surface area contributed by atoms with E-state index in [9.17, 15) is 14.4 Å². The van der Waals surface area contributed by atoms with E-state index in [-0.39, 0.29) is 5.91 Å². The molecule has 0 bridgehead atoms. The molecular formula is C9H11NO5. The molecular weight excluding hydrogens is 202 g/mol. The molecule has 3 atom stereocenters. The number of ether oxygens (including phenoxy) is 1. The molecule has 1 heterocycles. The van der Waals surface area contributed by atoms with E-state index < -0.39 is 29.8 Å². The summed E-state index contributed by atoms with van der Waals surface area (Å²) < 4.78 is 4.67. The Kier molecular flexibility index (Phi) is 2.34. The zero-order valence-electron chi connectivity index (χ0n) is 7.93. The van der Waals surface area contributed by atoms with Gasteiger partial charge < -0.3 is 15.2 Å². The number of aliphatic carboxylic acids is 1. The van der Waals surface area contributed by atoms with E-state index in [1.54, 1.807) is 0 Å². The second kappa shape index (κ2) is 3.52. The molecule has 0 aromatic heterocycles. The Hall–Kier alpha value is -1.59. The fraction of sp³-hybridized carbons (Fsp3) is 0.667. The second-order valence-corrected chi connectivity index (χ2v) is 3.80. The Bertz CT molecular complexity index is 326. The lowest BCUT2D eigenvalue weighted by Gasteiger charge is -2.07. The van der Waals surface area contributed by atoms with Gasteiger partial charge in [0.25, 0.3) is 0 Å². The number of rotatable bonds is 3. The lowest BCUT2D eigenvalue weighted by atomic mass is 10.2. The highest BCUT2D eigenvalue weighted by Gasteiger charge is 2.49. The first-order valence-electron chi connectivity index (χ1n) is 4.79. The molecule has 15 heavy (non-hydrogen) atoms. The number of carboxylic acids is 1. The maximum Gasteiger partial charge on any atom is 0.328 e. The van der Waals surface area contributed by atoms with Gasteiger partial charge in [0.15, 0.2) is 0 Å². The van der Waals surface area contributed by atoms with Gasteiger partial charge in [0, 0.05) is 6.42 Å². The molecule has 2 aliphatic rings. The molecule has 2 rings (SSSR count). The van der Waals surface area contributed by atoms with E-state index in [2.05, 4.69) is 10.1 Å². The molecule has 82 valence electrons. The summed E-state index contributed by atoms with van der Waals surface area (Å²) in [5.74, 6) is -2.80. The lowest BCUT2D eigenvalue weighted by molar-refractivity contribution is -0.142. The largest absolute Gasteiger partial charge is 0.481 e. The van der Waals surface area contributed by atoms with Crippen molar-refractivity contribution in [3.05, 3.63) is 0 Å². The van der Waals surface area contributed by atoms with Crippen LogP contribution in [-0.2, 0) is 19.1 Å². The molecule has 1 aliphatic heterocycles. The van der Waals surface area contributed by atoms with Crippen molar-refractivity contribution in [2.45, 2.75) is 18.9 Å². The van der Waals surface area contributed by atoms with Crippen LogP contribution >= 0.6 is 0 Å². The van der Waals surface area contributed by atoms with Crippen LogP contribution < -0.4 is 5.32 Å². The monoisotopic (exact) mass is 213 g/mol. The quantitative estimate of drug-likeness (QED) is 0.595. The molecule has 1 aliphatic carbocycles. The van der Waals surface area contributed by atoms with Gasteiger partial charge >= 0.3 is 11.9 Å². The Morgan fingerprint density at radius 2 is 2.13 bits per heavy atom. The van der Waals surface area contributed by atoms with E-state index in [1.807, 2.05) is 0 Å². The predicted molar refractivity (Wildman–Crippen MR) is 46.7 cm³/mol. The summed E-state index contributed by atoms with van der Waals surface area (Å²) in [4.78, 5) is 33.0. The van der Waals surface area contributed by atoms with Crippen molar-refractivity contribution in [1.82, 2.24) is 5.32 Å². The van der Waals surface area contributed by atoms with Gasteiger partial charge in [-0.2, -0.15) is 0 Å². The molecule has 0 radical (unpaired) electrons. The van der Waals surface area contributed by atoms with Crippen molar-refractivity contribution in [2.24, 2.45) is 11.8 Å². The number of carbonyl (C=O) groups is 3.